The summed E-state index contributed by atoms with van der Waals surface area (Å²) in [5.41, 5.74) is 4.04. The molecule has 2 fully saturated rings. The predicted octanol–water partition coefficient (Wildman–Crippen LogP) is 4.91. The minimum absolute atomic E-state index is 0.0964. The molecular formula is C28H30F2N4O4. The van der Waals surface area contributed by atoms with Gasteiger partial charge in [-0.2, -0.15) is 0 Å². The van der Waals surface area contributed by atoms with Crippen LogP contribution in [0.1, 0.15) is 67.9 Å². The average molecular weight is 525 g/mol. The van der Waals surface area contributed by atoms with Crippen LogP contribution in [-0.4, -0.2) is 42.4 Å². The maximum absolute atomic E-state index is 14.2. The smallest absolute Gasteiger partial charge is 0.160 e. The van der Waals surface area contributed by atoms with Gasteiger partial charge in [-0.3, -0.25) is 0 Å². The Bertz CT molecular complexity index is 1480. The number of imidazole rings is 1. The first-order chi connectivity index (χ1) is 18.4. The number of aliphatic hydroxyl groups is 3. The van der Waals surface area contributed by atoms with Crippen molar-refractivity contribution in [3.05, 3.63) is 65.3 Å². The van der Waals surface area contributed by atoms with Crippen LogP contribution in [0.2, 0.25) is 0 Å². The average Bonchev–Trinajstić information content (AvgIpc) is 3.60. The van der Waals surface area contributed by atoms with E-state index >= 15 is 0 Å². The van der Waals surface area contributed by atoms with Gasteiger partial charge in [0, 0.05) is 23.4 Å². The number of benzene rings is 2. The van der Waals surface area contributed by atoms with Crippen molar-refractivity contribution in [1.29, 1.82) is 0 Å². The van der Waals surface area contributed by atoms with E-state index < -0.39 is 17.9 Å². The molecule has 1 saturated carbocycles. The second-order valence-corrected chi connectivity index (χ2v) is 10.3. The van der Waals surface area contributed by atoms with Gasteiger partial charge in [0.1, 0.15) is 23.5 Å². The molecule has 8 nitrogen and oxygen atoms in total. The highest BCUT2D eigenvalue weighted by Gasteiger charge is 2.38. The number of aromatic nitrogens is 3. The summed E-state index contributed by atoms with van der Waals surface area (Å²) in [6.07, 6.45) is 2.78. The van der Waals surface area contributed by atoms with Crippen LogP contribution in [0.4, 0.5) is 14.5 Å². The van der Waals surface area contributed by atoms with Crippen LogP contribution in [0.3, 0.4) is 0 Å². The van der Waals surface area contributed by atoms with Gasteiger partial charge in [-0.05, 0) is 75.3 Å². The van der Waals surface area contributed by atoms with Gasteiger partial charge in [-0.25, -0.2) is 13.8 Å². The largest absolute Gasteiger partial charge is 0.393 e. The van der Waals surface area contributed by atoms with Crippen LogP contribution in [0.15, 0.2) is 40.9 Å². The van der Waals surface area contributed by atoms with E-state index in [0.29, 0.717) is 42.8 Å². The van der Waals surface area contributed by atoms with E-state index in [0.717, 1.165) is 53.0 Å². The topological polar surface area (TPSA) is 108 Å². The third-order valence-corrected chi connectivity index (χ3v) is 7.97. The monoisotopic (exact) mass is 524 g/mol. The quantitative estimate of drug-likeness (QED) is 0.341. The van der Waals surface area contributed by atoms with Crippen molar-refractivity contribution < 1.29 is 28.6 Å². The van der Waals surface area contributed by atoms with Crippen molar-refractivity contribution in [3.63, 3.8) is 0 Å². The van der Waals surface area contributed by atoms with E-state index in [1.54, 1.807) is 11.8 Å². The molecule has 0 radical (unpaired) electrons. The minimum atomic E-state index is -0.969. The van der Waals surface area contributed by atoms with Gasteiger partial charge in [0.05, 0.1) is 29.8 Å². The number of hydrogen-bond acceptors (Lipinski definition) is 7. The van der Waals surface area contributed by atoms with E-state index in [9.17, 15) is 24.1 Å². The van der Waals surface area contributed by atoms with E-state index in [4.69, 9.17) is 9.51 Å². The molecule has 10 heteroatoms. The zero-order valence-electron chi connectivity index (χ0n) is 21.0. The summed E-state index contributed by atoms with van der Waals surface area (Å²) in [6, 6.07) is 9.30. The molecule has 0 amide bonds. The normalized spacial score (nSPS) is 24.0. The van der Waals surface area contributed by atoms with Crippen LogP contribution in [0.25, 0.3) is 22.2 Å². The number of anilines is 1. The van der Waals surface area contributed by atoms with Crippen LogP contribution < -0.4 is 4.90 Å². The van der Waals surface area contributed by atoms with Gasteiger partial charge in [0.25, 0.3) is 0 Å². The fourth-order valence-corrected chi connectivity index (χ4v) is 6.15. The van der Waals surface area contributed by atoms with Crippen LogP contribution in [0.5, 0.6) is 0 Å². The minimum Gasteiger partial charge on any atom is -0.393 e. The highest BCUT2D eigenvalue weighted by molar-refractivity contribution is 5.84. The summed E-state index contributed by atoms with van der Waals surface area (Å²) in [5, 5.41) is 34.7. The molecule has 4 aromatic rings. The number of fused-ring (bicyclic) bond motifs is 1. The Labute approximate surface area is 218 Å². The Kier molecular flexibility index (Phi) is 6.41. The van der Waals surface area contributed by atoms with Crippen molar-refractivity contribution in [3.8, 4) is 11.1 Å². The molecule has 2 aromatic carbocycles. The molecular weight excluding hydrogens is 494 g/mol. The lowest BCUT2D eigenvalue weighted by Crippen LogP contribution is -2.33. The maximum atomic E-state index is 14.2. The number of aliphatic hydroxyl groups excluding tert-OH is 3. The molecule has 0 bridgehead atoms. The lowest BCUT2D eigenvalue weighted by atomic mass is 9.92. The maximum Gasteiger partial charge on any atom is 0.160 e. The molecule has 0 spiro atoms. The van der Waals surface area contributed by atoms with Gasteiger partial charge in [-0.1, -0.05) is 11.2 Å². The Hall–Kier alpha value is -3.34. The van der Waals surface area contributed by atoms with E-state index in [-0.39, 0.29) is 24.8 Å². The molecule has 2 atom stereocenters. The molecule has 2 aliphatic rings. The number of halogens is 2. The zero-order chi connectivity index (χ0) is 26.6. The molecule has 3 N–H and O–H groups in total. The molecule has 1 saturated heterocycles. The Morgan fingerprint density at radius 1 is 0.974 bits per heavy atom. The van der Waals surface area contributed by atoms with Gasteiger partial charge in [-0.15, -0.1) is 0 Å². The molecule has 200 valence electrons. The number of nitrogens with zero attached hydrogens (tertiary/aromatic N) is 4. The highest BCUT2D eigenvalue weighted by Crippen LogP contribution is 2.43. The third-order valence-electron chi connectivity index (χ3n) is 7.97. The van der Waals surface area contributed by atoms with Gasteiger partial charge >= 0.3 is 0 Å². The number of hydrogen-bond donors (Lipinski definition) is 3. The molecule has 1 aliphatic heterocycles. The summed E-state index contributed by atoms with van der Waals surface area (Å²) in [4.78, 5) is 6.78. The molecule has 3 heterocycles. The standard InChI is InChI=1S/C28H30F2N4O4/c1-15-27(23(14-35)32-38-15)16-2-9-24-22(12-16)31-28(34(24)17-3-6-19(36)7-4-17)25-10-11-26(37)33(25)18-5-8-20(29)21(30)13-18/h2,5,8-9,12-13,17,19,25-26,35-37H,3-4,6-7,10-11,14H2,1H3/t17?,19?,25-,26?/m0/s1. The second-order valence-electron chi connectivity index (χ2n) is 10.3. The second kappa shape index (κ2) is 9.76. The number of aryl methyl sites for hydroxylation is 1. The first-order valence-electron chi connectivity index (χ1n) is 13.0. The summed E-state index contributed by atoms with van der Waals surface area (Å²) in [6.45, 7) is 1.54. The summed E-state index contributed by atoms with van der Waals surface area (Å²) in [5.74, 6) is -0.573. The Balaban J connectivity index is 1.49. The zero-order valence-corrected chi connectivity index (χ0v) is 21.0. The van der Waals surface area contributed by atoms with Crippen molar-refractivity contribution in [2.75, 3.05) is 4.90 Å². The highest BCUT2D eigenvalue weighted by atomic mass is 19.2. The molecule has 1 unspecified atom stereocenters. The van der Waals surface area contributed by atoms with Crippen molar-refractivity contribution >= 4 is 16.7 Å². The molecule has 1 aliphatic carbocycles. The lowest BCUT2D eigenvalue weighted by Gasteiger charge is -2.33. The predicted molar refractivity (Wildman–Crippen MR) is 136 cm³/mol. The van der Waals surface area contributed by atoms with E-state index in [2.05, 4.69) is 9.72 Å². The van der Waals surface area contributed by atoms with Gasteiger partial charge in [0.15, 0.2) is 11.6 Å². The molecule has 2 aromatic heterocycles. The first-order valence-corrected chi connectivity index (χ1v) is 13.0. The Morgan fingerprint density at radius 3 is 2.50 bits per heavy atom. The van der Waals surface area contributed by atoms with Crippen LogP contribution in [-0.2, 0) is 6.61 Å². The summed E-state index contributed by atoms with van der Waals surface area (Å²) < 4.78 is 35.4. The van der Waals surface area contributed by atoms with Gasteiger partial charge in [0.2, 0.25) is 0 Å². The van der Waals surface area contributed by atoms with E-state index in [1.165, 1.54) is 6.07 Å². The lowest BCUT2D eigenvalue weighted by molar-refractivity contribution is 0.110. The van der Waals surface area contributed by atoms with Gasteiger partial charge < -0.3 is 29.3 Å². The van der Waals surface area contributed by atoms with E-state index in [1.807, 2.05) is 18.2 Å². The van der Waals surface area contributed by atoms with Crippen molar-refractivity contribution in [1.82, 2.24) is 14.7 Å². The number of rotatable bonds is 5. The Morgan fingerprint density at radius 2 is 1.76 bits per heavy atom. The van der Waals surface area contributed by atoms with Crippen molar-refractivity contribution in [2.45, 2.75) is 76.5 Å². The summed E-state index contributed by atoms with van der Waals surface area (Å²) in [7, 11) is 0. The fraction of sp³-hybridized carbons (Fsp3) is 0.429. The third kappa shape index (κ3) is 4.16. The van der Waals surface area contributed by atoms with Crippen LogP contribution in [0, 0.1) is 18.6 Å². The molecule has 6 rings (SSSR count). The fourth-order valence-electron chi connectivity index (χ4n) is 6.15. The molecule has 38 heavy (non-hydrogen) atoms. The van der Waals surface area contributed by atoms with Crippen LogP contribution >= 0.6 is 0 Å². The summed E-state index contributed by atoms with van der Waals surface area (Å²) >= 11 is 0. The van der Waals surface area contributed by atoms with Crippen molar-refractivity contribution in [2.24, 2.45) is 0 Å². The first kappa shape index (κ1) is 25.0. The SMILES string of the molecule is Cc1onc(CO)c1-c1ccc2c(c1)nc([C@@H]1CCC(O)N1c1ccc(F)c(F)c1)n2C1CCC(O)CC1.